The molecule has 0 aromatic heterocycles. The monoisotopic (exact) mass is 531 g/mol. The number of aryl methyl sites for hydroxylation is 1. The molecule has 9 heteroatoms. The molecule has 1 N–H and O–H groups in total. The predicted octanol–water partition coefficient (Wildman–Crippen LogP) is 5.94. The van der Waals surface area contributed by atoms with Crippen LogP contribution in [-0.2, 0) is 4.79 Å². The molecular weight excluding hydrogens is 509 g/mol. The molecule has 2 amide bonds. The van der Waals surface area contributed by atoms with E-state index in [1.165, 1.54) is 0 Å². The van der Waals surface area contributed by atoms with E-state index in [1.807, 2.05) is 42.2 Å². The predicted molar refractivity (Wildman–Crippen MR) is 141 cm³/mol. The molecule has 0 aliphatic carbocycles. The van der Waals surface area contributed by atoms with E-state index in [0.717, 1.165) is 16.8 Å². The average Bonchev–Trinajstić information content (AvgIpc) is 2.84. The summed E-state index contributed by atoms with van der Waals surface area (Å²) < 4.78 is 5.47. The van der Waals surface area contributed by atoms with Gasteiger partial charge in [0.1, 0.15) is 5.75 Å². The Morgan fingerprint density at radius 1 is 0.914 bits per heavy atom. The van der Waals surface area contributed by atoms with Gasteiger partial charge in [-0.3, -0.25) is 9.59 Å². The van der Waals surface area contributed by atoms with Crippen LogP contribution in [0.3, 0.4) is 0 Å². The van der Waals surface area contributed by atoms with E-state index >= 15 is 0 Å². The van der Waals surface area contributed by atoms with Crippen molar-refractivity contribution >= 4 is 58.0 Å². The smallest absolute Gasteiger partial charge is 0.262 e. The summed E-state index contributed by atoms with van der Waals surface area (Å²) in [5.74, 6) is 0.0804. The summed E-state index contributed by atoms with van der Waals surface area (Å²) in [6.07, 6.45) is 0. The summed E-state index contributed by atoms with van der Waals surface area (Å²) in [7, 11) is 0. The van der Waals surface area contributed by atoms with E-state index < -0.39 is 0 Å². The average molecular weight is 533 g/mol. The van der Waals surface area contributed by atoms with Crippen LogP contribution >= 0.6 is 34.8 Å². The summed E-state index contributed by atoms with van der Waals surface area (Å²) in [4.78, 5) is 29.2. The van der Waals surface area contributed by atoms with E-state index in [-0.39, 0.29) is 18.4 Å². The van der Waals surface area contributed by atoms with Crippen molar-refractivity contribution in [3.8, 4) is 5.75 Å². The highest BCUT2D eigenvalue weighted by Gasteiger charge is 2.24. The number of amides is 2. The number of carbonyl (C=O) groups excluding carboxylic acids is 2. The SMILES string of the molecule is Cc1ccccc1C(=O)N1CCN(c2ccc(NC(=O)COc3ccc(Cl)cc3Cl)cc2Cl)CC1. The van der Waals surface area contributed by atoms with Crippen LogP contribution in [0.15, 0.2) is 60.7 Å². The van der Waals surface area contributed by atoms with Crippen LogP contribution in [0, 0.1) is 6.92 Å². The maximum atomic E-state index is 12.9. The second kappa shape index (κ2) is 11.2. The van der Waals surface area contributed by atoms with E-state index in [1.54, 1.807) is 30.3 Å². The third-order valence-electron chi connectivity index (χ3n) is 5.77. The van der Waals surface area contributed by atoms with Gasteiger partial charge in [-0.1, -0.05) is 53.0 Å². The molecule has 0 bridgehead atoms. The normalized spacial score (nSPS) is 13.5. The van der Waals surface area contributed by atoms with Crippen molar-refractivity contribution in [2.75, 3.05) is 43.0 Å². The molecule has 3 aromatic rings. The molecule has 0 unspecified atom stereocenters. The van der Waals surface area contributed by atoms with Gasteiger partial charge in [-0.25, -0.2) is 0 Å². The van der Waals surface area contributed by atoms with Crippen molar-refractivity contribution in [3.63, 3.8) is 0 Å². The Morgan fingerprint density at radius 2 is 1.66 bits per heavy atom. The van der Waals surface area contributed by atoms with Crippen molar-refractivity contribution in [1.29, 1.82) is 0 Å². The van der Waals surface area contributed by atoms with Crippen LogP contribution in [-0.4, -0.2) is 49.5 Å². The molecule has 0 saturated carbocycles. The summed E-state index contributed by atoms with van der Waals surface area (Å²) >= 11 is 18.5. The first-order valence-corrected chi connectivity index (χ1v) is 12.2. The Kier molecular flexibility index (Phi) is 8.06. The minimum absolute atomic E-state index is 0.0500. The lowest BCUT2D eigenvalue weighted by Crippen LogP contribution is -2.49. The van der Waals surface area contributed by atoms with Crippen molar-refractivity contribution in [1.82, 2.24) is 4.90 Å². The first-order valence-electron chi connectivity index (χ1n) is 11.1. The molecule has 182 valence electrons. The van der Waals surface area contributed by atoms with Crippen molar-refractivity contribution in [2.45, 2.75) is 6.92 Å². The lowest BCUT2D eigenvalue weighted by atomic mass is 10.1. The summed E-state index contributed by atoms with van der Waals surface area (Å²) in [5, 5.41) is 4.11. The molecule has 0 spiro atoms. The third-order valence-corrected chi connectivity index (χ3v) is 6.60. The molecule has 6 nitrogen and oxygen atoms in total. The fourth-order valence-corrected chi connectivity index (χ4v) is 4.67. The molecule has 0 radical (unpaired) electrons. The van der Waals surface area contributed by atoms with E-state index in [9.17, 15) is 9.59 Å². The standard InChI is InChI=1S/C26H24Cl3N3O3/c1-17-4-2-3-5-20(17)26(34)32-12-10-31(11-13-32)23-8-7-19(15-21(23)28)30-25(33)16-35-24-9-6-18(27)14-22(24)29/h2-9,14-15H,10-13,16H2,1H3,(H,30,33). The van der Waals surface area contributed by atoms with Gasteiger partial charge in [-0.05, 0) is 55.0 Å². The van der Waals surface area contributed by atoms with Crippen molar-refractivity contribution < 1.29 is 14.3 Å². The van der Waals surface area contributed by atoms with Crippen molar-refractivity contribution in [3.05, 3.63) is 86.9 Å². The molecule has 35 heavy (non-hydrogen) atoms. The number of benzene rings is 3. The molecule has 1 fully saturated rings. The zero-order valence-electron chi connectivity index (χ0n) is 19.1. The van der Waals surface area contributed by atoms with Gasteiger partial charge in [-0.15, -0.1) is 0 Å². The van der Waals surface area contributed by atoms with Crippen LogP contribution in [0.5, 0.6) is 5.75 Å². The highest BCUT2D eigenvalue weighted by molar-refractivity contribution is 6.35. The van der Waals surface area contributed by atoms with E-state index in [0.29, 0.717) is 52.7 Å². The van der Waals surface area contributed by atoms with E-state index in [4.69, 9.17) is 39.5 Å². The number of carbonyl (C=O) groups is 2. The van der Waals surface area contributed by atoms with Gasteiger partial charge in [0.15, 0.2) is 6.61 Å². The zero-order valence-corrected chi connectivity index (χ0v) is 21.3. The Balaban J connectivity index is 1.31. The molecule has 1 heterocycles. The number of rotatable bonds is 6. The van der Waals surface area contributed by atoms with Gasteiger partial charge in [0.2, 0.25) is 0 Å². The molecule has 1 aliphatic rings. The van der Waals surface area contributed by atoms with Crippen LogP contribution < -0.4 is 15.0 Å². The Bertz CT molecular complexity index is 1240. The first kappa shape index (κ1) is 25.2. The second-order valence-corrected chi connectivity index (χ2v) is 9.42. The highest BCUT2D eigenvalue weighted by atomic mass is 35.5. The Labute approximate surface area is 219 Å². The molecular formula is C26H24Cl3N3O3. The van der Waals surface area contributed by atoms with Gasteiger partial charge in [0.05, 0.1) is 15.7 Å². The maximum absolute atomic E-state index is 12.9. The number of nitrogens with one attached hydrogen (secondary N) is 1. The summed E-state index contributed by atoms with van der Waals surface area (Å²) in [6.45, 7) is 4.27. The van der Waals surface area contributed by atoms with Gasteiger partial charge in [0, 0.05) is 42.5 Å². The van der Waals surface area contributed by atoms with Gasteiger partial charge < -0.3 is 19.9 Å². The molecule has 3 aromatic carbocycles. The fraction of sp³-hybridized carbons (Fsp3) is 0.231. The molecule has 4 rings (SSSR count). The van der Waals surface area contributed by atoms with Gasteiger partial charge in [0.25, 0.3) is 11.8 Å². The third kappa shape index (κ3) is 6.20. The number of hydrogen-bond donors (Lipinski definition) is 1. The van der Waals surface area contributed by atoms with Gasteiger partial charge >= 0.3 is 0 Å². The van der Waals surface area contributed by atoms with Crippen LogP contribution in [0.1, 0.15) is 15.9 Å². The number of hydrogen-bond acceptors (Lipinski definition) is 4. The maximum Gasteiger partial charge on any atom is 0.262 e. The lowest BCUT2D eigenvalue weighted by Gasteiger charge is -2.36. The molecule has 0 atom stereocenters. The number of halogens is 3. The summed E-state index contributed by atoms with van der Waals surface area (Å²) in [6, 6.07) is 17.8. The fourth-order valence-electron chi connectivity index (χ4n) is 3.91. The minimum Gasteiger partial charge on any atom is -0.482 e. The summed E-state index contributed by atoms with van der Waals surface area (Å²) in [5.41, 5.74) is 3.13. The second-order valence-electron chi connectivity index (χ2n) is 8.17. The Hall–Kier alpha value is -2.93. The van der Waals surface area contributed by atoms with Crippen LogP contribution in [0.25, 0.3) is 0 Å². The number of piperazine rings is 1. The topological polar surface area (TPSA) is 61.9 Å². The Morgan fingerprint density at radius 3 is 2.34 bits per heavy atom. The lowest BCUT2D eigenvalue weighted by molar-refractivity contribution is -0.118. The highest BCUT2D eigenvalue weighted by Crippen LogP contribution is 2.30. The quantitative estimate of drug-likeness (QED) is 0.427. The molecule has 1 saturated heterocycles. The first-order chi connectivity index (χ1) is 16.8. The van der Waals surface area contributed by atoms with Crippen molar-refractivity contribution in [2.24, 2.45) is 0 Å². The van der Waals surface area contributed by atoms with E-state index in [2.05, 4.69) is 10.2 Å². The van der Waals surface area contributed by atoms with Crippen LogP contribution in [0.2, 0.25) is 15.1 Å². The van der Waals surface area contributed by atoms with Crippen LogP contribution in [0.4, 0.5) is 11.4 Å². The van der Waals surface area contributed by atoms with Gasteiger partial charge in [-0.2, -0.15) is 0 Å². The molecule has 1 aliphatic heterocycles. The minimum atomic E-state index is -0.344. The number of anilines is 2. The number of nitrogens with zero attached hydrogens (tertiary/aromatic N) is 2. The number of ether oxygens (including phenoxy) is 1. The largest absolute Gasteiger partial charge is 0.482 e. The zero-order chi connectivity index (χ0) is 24.9.